The second kappa shape index (κ2) is 8.84. The Morgan fingerprint density at radius 1 is 0.923 bits per heavy atom. The summed E-state index contributed by atoms with van der Waals surface area (Å²) in [4.78, 5) is 35.0. The molecule has 132 valence electrons. The van der Waals surface area contributed by atoms with E-state index in [0.717, 1.165) is 0 Å². The zero-order chi connectivity index (χ0) is 18.9. The van der Waals surface area contributed by atoms with Crippen molar-refractivity contribution in [3.05, 3.63) is 65.2 Å². The van der Waals surface area contributed by atoms with Crippen molar-refractivity contribution in [2.45, 2.75) is 0 Å². The van der Waals surface area contributed by atoms with Gasteiger partial charge in [0.05, 0.1) is 18.7 Å². The molecule has 0 bridgehead atoms. The maximum absolute atomic E-state index is 12.0. The van der Waals surface area contributed by atoms with Crippen LogP contribution in [0.2, 0.25) is 0 Å². The maximum Gasteiger partial charge on any atom is 0.343 e. The lowest BCUT2D eigenvalue weighted by Crippen LogP contribution is -2.41. The fraction of sp³-hybridized carbons (Fsp3) is 0.111. The highest BCUT2D eigenvalue weighted by molar-refractivity contribution is 5.99. The van der Waals surface area contributed by atoms with Crippen LogP contribution in [0.25, 0.3) is 0 Å². The van der Waals surface area contributed by atoms with Crippen LogP contribution in [0.4, 0.5) is 0 Å². The zero-order valence-corrected chi connectivity index (χ0v) is 13.8. The number of rotatable bonds is 5. The molecule has 8 heteroatoms. The van der Waals surface area contributed by atoms with E-state index >= 15 is 0 Å². The van der Waals surface area contributed by atoms with E-state index in [1.807, 2.05) is 6.07 Å². The van der Waals surface area contributed by atoms with Gasteiger partial charge >= 0.3 is 5.97 Å². The quantitative estimate of drug-likeness (QED) is 0.616. The molecule has 0 spiro atoms. The first-order valence-corrected chi connectivity index (χ1v) is 7.44. The number of nitrogens with one attached hydrogen (secondary N) is 2. The molecule has 2 aromatic rings. The normalized spacial score (nSPS) is 9.54. The first kappa shape index (κ1) is 18.5. The predicted octanol–water partition coefficient (Wildman–Crippen LogP) is 1.18. The van der Waals surface area contributed by atoms with E-state index in [2.05, 4.69) is 15.6 Å². The third kappa shape index (κ3) is 5.07. The molecule has 2 amide bonds. The molecule has 0 fully saturated rings. The van der Waals surface area contributed by atoms with Gasteiger partial charge < -0.3 is 9.47 Å². The van der Waals surface area contributed by atoms with E-state index < -0.39 is 17.8 Å². The molecule has 0 radical (unpaired) electrons. The lowest BCUT2D eigenvalue weighted by atomic mass is 10.1. The van der Waals surface area contributed by atoms with E-state index in [4.69, 9.17) is 10.00 Å². The summed E-state index contributed by atoms with van der Waals surface area (Å²) in [5.41, 5.74) is 5.59. The van der Waals surface area contributed by atoms with Gasteiger partial charge in [-0.1, -0.05) is 0 Å². The second-order valence-electron chi connectivity index (χ2n) is 4.99. The Kier molecular flexibility index (Phi) is 6.28. The Bertz CT molecular complexity index is 839. The van der Waals surface area contributed by atoms with Crippen LogP contribution in [-0.2, 0) is 9.53 Å². The molecule has 0 aliphatic carbocycles. The monoisotopic (exact) mass is 353 g/mol. The molecule has 2 N–H and O–H groups in total. The predicted molar refractivity (Wildman–Crippen MR) is 90.0 cm³/mol. The molecule has 2 aromatic carbocycles. The molecular formula is C18H15N3O5. The first-order valence-electron chi connectivity index (χ1n) is 7.44. The summed E-state index contributed by atoms with van der Waals surface area (Å²) in [7, 11) is 1.26. The maximum atomic E-state index is 12.0. The summed E-state index contributed by atoms with van der Waals surface area (Å²) in [6.45, 7) is -0.233. The minimum atomic E-state index is -0.522. The summed E-state index contributed by atoms with van der Waals surface area (Å²) >= 11 is 0. The standard InChI is InChI=1S/C18H15N3O5/c1-25-16(22)11-26-15-8-6-14(7-9-15)18(24)21-20-17(23)13-4-2-12(10-19)3-5-13/h2-9H,11H2,1H3,(H,20,23)(H,21,24). The number of hydrogen-bond acceptors (Lipinski definition) is 6. The number of hydrogen-bond donors (Lipinski definition) is 2. The molecule has 26 heavy (non-hydrogen) atoms. The summed E-state index contributed by atoms with van der Waals surface area (Å²) < 4.78 is 9.62. The Hall–Kier alpha value is -3.86. The van der Waals surface area contributed by atoms with E-state index in [9.17, 15) is 14.4 Å². The summed E-state index contributed by atoms with van der Waals surface area (Å²) in [5.74, 6) is -1.15. The van der Waals surface area contributed by atoms with Crippen LogP contribution in [0.5, 0.6) is 5.75 Å². The average Bonchev–Trinajstić information content (AvgIpc) is 2.70. The van der Waals surface area contributed by atoms with Gasteiger partial charge in [-0.2, -0.15) is 5.26 Å². The van der Waals surface area contributed by atoms with Gasteiger partial charge in [0.2, 0.25) is 0 Å². The van der Waals surface area contributed by atoms with Crippen molar-refractivity contribution >= 4 is 17.8 Å². The largest absolute Gasteiger partial charge is 0.482 e. The van der Waals surface area contributed by atoms with Crippen molar-refractivity contribution in [3.8, 4) is 11.8 Å². The molecule has 0 saturated carbocycles. The lowest BCUT2D eigenvalue weighted by Gasteiger charge is -2.08. The van der Waals surface area contributed by atoms with Crippen molar-refractivity contribution in [2.75, 3.05) is 13.7 Å². The lowest BCUT2D eigenvalue weighted by molar-refractivity contribution is -0.142. The van der Waals surface area contributed by atoms with Crippen LogP contribution in [-0.4, -0.2) is 31.5 Å². The number of benzene rings is 2. The number of hydrazine groups is 1. The van der Waals surface area contributed by atoms with Crippen molar-refractivity contribution in [1.82, 2.24) is 10.9 Å². The van der Waals surface area contributed by atoms with Crippen LogP contribution in [0.15, 0.2) is 48.5 Å². The fourth-order valence-electron chi connectivity index (χ4n) is 1.86. The fourth-order valence-corrected chi connectivity index (χ4v) is 1.86. The first-order chi connectivity index (χ1) is 12.5. The number of nitrogens with zero attached hydrogens (tertiary/aromatic N) is 1. The zero-order valence-electron chi connectivity index (χ0n) is 13.8. The topological polar surface area (TPSA) is 118 Å². The highest BCUT2D eigenvalue weighted by atomic mass is 16.6. The molecular weight excluding hydrogens is 338 g/mol. The Balaban J connectivity index is 1.87. The number of carbonyl (C=O) groups is 3. The van der Waals surface area contributed by atoms with Gasteiger partial charge in [-0.05, 0) is 48.5 Å². The van der Waals surface area contributed by atoms with E-state index in [0.29, 0.717) is 16.9 Å². The second-order valence-corrected chi connectivity index (χ2v) is 4.99. The highest BCUT2D eigenvalue weighted by Gasteiger charge is 2.10. The third-order valence-electron chi connectivity index (χ3n) is 3.27. The van der Waals surface area contributed by atoms with Gasteiger partial charge in [-0.3, -0.25) is 20.4 Å². The Morgan fingerprint density at radius 3 is 1.88 bits per heavy atom. The smallest absolute Gasteiger partial charge is 0.343 e. The summed E-state index contributed by atoms with van der Waals surface area (Å²) in [5, 5.41) is 8.72. The summed E-state index contributed by atoms with van der Waals surface area (Å²) in [6, 6.07) is 13.9. The number of nitriles is 1. The number of amides is 2. The van der Waals surface area contributed by atoms with Gasteiger partial charge in [0, 0.05) is 11.1 Å². The minimum absolute atomic E-state index is 0.233. The number of methoxy groups -OCH3 is 1. The third-order valence-corrected chi connectivity index (χ3v) is 3.27. The van der Waals surface area contributed by atoms with Crippen LogP contribution in [0.1, 0.15) is 26.3 Å². The number of carbonyl (C=O) groups excluding carboxylic acids is 3. The van der Waals surface area contributed by atoms with Gasteiger partial charge in [-0.25, -0.2) is 4.79 Å². The average molecular weight is 353 g/mol. The SMILES string of the molecule is COC(=O)COc1ccc(C(=O)NNC(=O)c2ccc(C#N)cc2)cc1. The molecule has 0 aliphatic heterocycles. The van der Waals surface area contributed by atoms with Crippen LogP contribution in [0.3, 0.4) is 0 Å². The van der Waals surface area contributed by atoms with Crippen molar-refractivity contribution < 1.29 is 23.9 Å². The van der Waals surface area contributed by atoms with Gasteiger partial charge in [-0.15, -0.1) is 0 Å². The highest BCUT2D eigenvalue weighted by Crippen LogP contribution is 2.12. The molecule has 0 aliphatic rings. The van der Waals surface area contributed by atoms with Crippen LogP contribution in [0, 0.1) is 11.3 Å². The van der Waals surface area contributed by atoms with Gasteiger partial charge in [0.1, 0.15) is 5.75 Å². The Labute approximate surface area is 149 Å². The van der Waals surface area contributed by atoms with E-state index in [-0.39, 0.29) is 12.2 Å². The number of ether oxygens (including phenoxy) is 2. The molecule has 8 nitrogen and oxygen atoms in total. The van der Waals surface area contributed by atoms with Crippen molar-refractivity contribution in [2.24, 2.45) is 0 Å². The summed E-state index contributed by atoms with van der Waals surface area (Å²) in [6.07, 6.45) is 0. The Morgan fingerprint density at radius 2 is 1.42 bits per heavy atom. The van der Waals surface area contributed by atoms with Crippen molar-refractivity contribution in [1.29, 1.82) is 5.26 Å². The molecule has 0 aromatic heterocycles. The van der Waals surface area contributed by atoms with Crippen molar-refractivity contribution in [3.63, 3.8) is 0 Å². The molecule has 2 rings (SSSR count). The van der Waals surface area contributed by atoms with Crippen LogP contribution < -0.4 is 15.6 Å². The van der Waals surface area contributed by atoms with Gasteiger partial charge in [0.25, 0.3) is 11.8 Å². The van der Waals surface area contributed by atoms with E-state index in [1.54, 1.807) is 0 Å². The molecule has 0 unspecified atom stereocenters. The minimum Gasteiger partial charge on any atom is -0.482 e. The van der Waals surface area contributed by atoms with E-state index in [1.165, 1.54) is 55.6 Å². The van der Waals surface area contributed by atoms with Gasteiger partial charge in [0.15, 0.2) is 6.61 Å². The molecule has 0 heterocycles. The van der Waals surface area contributed by atoms with Crippen LogP contribution >= 0.6 is 0 Å². The molecule has 0 atom stereocenters. The number of esters is 1. The molecule has 0 saturated heterocycles.